The SMILES string of the molecule is N#C/C(=C\[C]1=[In][NH]C=C1NC(=O)CCN1CCCCC1)S(N)=O. The molecule has 23 heavy (non-hydrogen) atoms. The van der Waals surface area contributed by atoms with Crippen molar-refractivity contribution in [2.75, 3.05) is 19.6 Å². The monoisotopic (exact) mass is 437 g/mol. The summed E-state index contributed by atoms with van der Waals surface area (Å²) in [4.78, 5) is 14.5. The fourth-order valence-corrected chi connectivity index (χ4v) is 6.04. The Morgan fingerprint density at radius 1 is 1.52 bits per heavy atom. The van der Waals surface area contributed by atoms with Crippen molar-refractivity contribution in [1.29, 1.82) is 5.26 Å². The van der Waals surface area contributed by atoms with E-state index in [9.17, 15) is 9.00 Å². The van der Waals surface area contributed by atoms with Gasteiger partial charge in [-0.2, -0.15) is 0 Å². The molecule has 2 rings (SSSR count). The fraction of sp³-hybridized carbons (Fsp3) is 0.500. The number of carbonyl (C=O) groups excluding carboxylic acids is 1. The van der Waals surface area contributed by atoms with E-state index in [1.54, 1.807) is 12.3 Å². The molecule has 0 radical (unpaired) electrons. The molecule has 0 aliphatic carbocycles. The van der Waals surface area contributed by atoms with Crippen LogP contribution in [0.5, 0.6) is 0 Å². The first-order valence-corrected chi connectivity index (χ1v) is 12.1. The molecule has 1 unspecified atom stereocenters. The number of piperidine rings is 1. The number of hydrogen-bond donors (Lipinski definition) is 3. The molecule has 1 saturated heterocycles. The van der Waals surface area contributed by atoms with Crippen LogP contribution in [0.3, 0.4) is 0 Å². The Morgan fingerprint density at radius 2 is 2.26 bits per heavy atom. The van der Waals surface area contributed by atoms with Crippen LogP contribution in [0.25, 0.3) is 0 Å². The summed E-state index contributed by atoms with van der Waals surface area (Å²) in [6.07, 6.45) is 7.46. The van der Waals surface area contributed by atoms with E-state index in [-0.39, 0.29) is 10.8 Å². The van der Waals surface area contributed by atoms with Crippen molar-refractivity contribution in [3.05, 3.63) is 22.9 Å². The fourth-order valence-electron chi connectivity index (χ4n) is 2.54. The van der Waals surface area contributed by atoms with E-state index >= 15 is 0 Å². The summed E-state index contributed by atoms with van der Waals surface area (Å²) in [7, 11) is -1.80. The van der Waals surface area contributed by atoms with Gasteiger partial charge in [0.05, 0.1) is 0 Å². The molecule has 2 aliphatic rings. The summed E-state index contributed by atoms with van der Waals surface area (Å²) in [6.45, 7) is 2.91. The van der Waals surface area contributed by atoms with Gasteiger partial charge in [0.15, 0.2) is 0 Å². The van der Waals surface area contributed by atoms with E-state index in [4.69, 9.17) is 10.4 Å². The zero-order chi connectivity index (χ0) is 16.7. The zero-order valence-electron chi connectivity index (χ0n) is 12.9. The first-order valence-electron chi connectivity index (χ1n) is 7.57. The second-order valence-electron chi connectivity index (χ2n) is 5.44. The number of nitriles is 1. The molecule has 4 N–H and O–H groups in total. The predicted molar refractivity (Wildman–Crippen MR) is 91.1 cm³/mol. The summed E-state index contributed by atoms with van der Waals surface area (Å²) in [5, 5.41) is 17.1. The molecule has 7 nitrogen and oxygen atoms in total. The van der Waals surface area contributed by atoms with Crippen LogP contribution in [-0.2, 0) is 15.8 Å². The number of likely N-dealkylation sites (tertiary alicyclic amines) is 1. The Morgan fingerprint density at radius 3 is 2.91 bits per heavy atom. The quantitative estimate of drug-likeness (QED) is 0.474. The molecule has 0 spiro atoms. The normalized spacial score (nSPS) is 19.7. The van der Waals surface area contributed by atoms with Gasteiger partial charge in [0.1, 0.15) is 0 Å². The van der Waals surface area contributed by atoms with Crippen LogP contribution in [0.4, 0.5) is 0 Å². The van der Waals surface area contributed by atoms with Crippen molar-refractivity contribution in [3.8, 4) is 6.07 Å². The first-order chi connectivity index (χ1) is 11.1. The Labute approximate surface area is 149 Å². The third-order valence-corrected chi connectivity index (χ3v) is 7.61. The average Bonchev–Trinajstić information content (AvgIpc) is 2.98. The maximum atomic E-state index is 12.1. The van der Waals surface area contributed by atoms with Gasteiger partial charge in [-0.05, 0) is 0 Å². The van der Waals surface area contributed by atoms with Crippen molar-refractivity contribution < 1.29 is 9.00 Å². The van der Waals surface area contributed by atoms with Gasteiger partial charge in [-0.25, -0.2) is 0 Å². The van der Waals surface area contributed by atoms with Gasteiger partial charge in [-0.15, -0.1) is 0 Å². The molecule has 1 amide bonds. The Bertz CT molecular complexity index is 617. The third-order valence-electron chi connectivity index (χ3n) is 3.77. The Balaban J connectivity index is 1.87. The van der Waals surface area contributed by atoms with E-state index in [2.05, 4.69) is 13.5 Å². The van der Waals surface area contributed by atoms with Crippen LogP contribution in [-0.4, -0.2) is 60.6 Å². The van der Waals surface area contributed by atoms with Crippen molar-refractivity contribution in [2.24, 2.45) is 5.14 Å². The van der Waals surface area contributed by atoms with Gasteiger partial charge in [-0.1, -0.05) is 0 Å². The molecule has 0 saturated carbocycles. The zero-order valence-corrected chi connectivity index (χ0v) is 17.0. The van der Waals surface area contributed by atoms with Gasteiger partial charge in [-0.3, -0.25) is 0 Å². The molecule has 0 aromatic carbocycles. The average molecular weight is 437 g/mol. The van der Waals surface area contributed by atoms with Gasteiger partial charge in [0, 0.05) is 0 Å². The number of nitrogens with zero attached hydrogens (tertiary/aromatic N) is 2. The summed E-state index contributed by atoms with van der Waals surface area (Å²) >= 11 is -1.29. The summed E-state index contributed by atoms with van der Waals surface area (Å²) in [5.74, 6) is -0.0355. The van der Waals surface area contributed by atoms with Crippen LogP contribution in [0.2, 0.25) is 0 Å². The molecule has 0 aromatic rings. The second kappa shape index (κ2) is 9.37. The van der Waals surface area contributed by atoms with Gasteiger partial charge in [0.2, 0.25) is 0 Å². The number of hydrogen-bond acceptors (Lipinski definition) is 5. The molecule has 122 valence electrons. The van der Waals surface area contributed by atoms with Gasteiger partial charge in [0.25, 0.3) is 0 Å². The molecule has 9 heteroatoms. The Hall–Kier alpha value is -0.950. The number of carbonyl (C=O) groups is 1. The van der Waals surface area contributed by atoms with Crippen molar-refractivity contribution in [2.45, 2.75) is 25.7 Å². The van der Waals surface area contributed by atoms with E-state index in [0.717, 1.165) is 22.9 Å². The number of nitrogens with one attached hydrogen (secondary N) is 2. The minimum atomic E-state index is -1.80. The number of amides is 1. The minimum absolute atomic E-state index is 0.0310. The molecular formula is C14H20InN5O2S. The molecular weight excluding hydrogens is 417 g/mol. The third kappa shape index (κ3) is 5.88. The van der Waals surface area contributed by atoms with E-state index in [1.807, 2.05) is 6.07 Å². The predicted octanol–water partition coefficient (Wildman–Crippen LogP) is -0.755. The van der Waals surface area contributed by atoms with Gasteiger partial charge >= 0.3 is 150 Å². The van der Waals surface area contributed by atoms with Crippen LogP contribution in [0, 0.1) is 11.3 Å². The molecule has 2 aliphatic heterocycles. The van der Waals surface area contributed by atoms with Crippen molar-refractivity contribution in [1.82, 2.24) is 13.5 Å². The first kappa shape index (κ1) is 18.4. The van der Waals surface area contributed by atoms with Crippen LogP contribution < -0.4 is 13.8 Å². The van der Waals surface area contributed by atoms with E-state index in [1.165, 1.54) is 19.3 Å². The molecule has 0 bridgehead atoms. The topological polar surface area (TPSA) is 111 Å². The maximum absolute atomic E-state index is 12.1. The summed E-state index contributed by atoms with van der Waals surface area (Å²) < 4.78 is 15.3. The van der Waals surface area contributed by atoms with Crippen LogP contribution in [0.1, 0.15) is 25.7 Å². The molecule has 1 fully saturated rings. The van der Waals surface area contributed by atoms with Crippen LogP contribution in [0.15, 0.2) is 22.9 Å². The number of allylic oxidation sites excluding steroid dienone is 2. The van der Waals surface area contributed by atoms with E-state index in [0.29, 0.717) is 12.1 Å². The van der Waals surface area contributed by atoms with Crippen molar-refractivity contribution >= 4 is 42.9 Å². The van der Waals surface area contributed by atoms with Crippen LogP contribution >= 0.6 is 0 Å². The molecule has 2 heterocycles. The standard InChI is InChI=1S/C14H20N5O2S.In/c15-10-12(4-5-13(11-16)22(17)21)18-14(20)6-9-19-7-2-1-3-8-19;/h5,10,15H,1-3,6-9,17H2,(H,18,20);/q-1;+1/b12-10?,13-5+;. The number of rotatable bonds is 6. The summed E-state index contributed by atoms with van der Waals surface area (Å²) in [5.41, 5.74) is 0.688. The molecule has 0 aromatic heterocycles. The second-order valence-corrected chi connectivity index (χ2v) is 10.0. The van der Waals surface area contributed by atoms with Crippen molar-refractivity contribution in [3.63, 3.8) is 0 Å². The van der Waals surface area contributed by atoms with E-state index < -0.39 is 33.7 Å². The summed E-state index contributed by atoms with van der Waals surface area (Å²) in [6, 6.07) is 1.84. The Kier molecular flexibility index (Phi) is 7.49. The number of nitrogens with two attached hydrogens (primary N) is 1. The van der Waals surface area contributed by atoms with Gasteiger partial charge < -0.3 is 0 Å². The molecule has 1 atom stereocenters.